The quantitative estimate of drug-likeness (QED) is 0.813. The highest BCUT2D eigenvalue weighted by Gasteiger charge is 2.37. The highest BCUT2D eigenvalue weighted by Crippen LogP contribution is 2.30. The van der Waals surface area contributed by atoms with Crippen molar-refractivity contribution in [1.29, 1.82) is 0 Å². The topological polar surface area (TPSA) is 55.1 Å². The van der Waals surface area contributed by atoms with Gasteiger partial charge in [-0.05, 0) is 37.5 Å². The summed E-state index contributed by atoms with van der Waals surface area (Å²) in [4.78, 5) is 11.8. The molecule has 0 radical (unpaired) electrons. The largest absolute Gasteiger partial charge is 0.345 e. The molecule has 0 aromatic heterocycles. The van der Waals surface area contributed by atoms with Crippen LogP contribution in [0, 0.1) is 5.82 Å². The van der Waals surface area contributed by atoms with E-state index in [1.54, 1.807) is 6.07 Å². The Morgan fingerprint density at radius 2 is 2.25 bits per heavy atom. The monoisotopic (exact) mass is 222 g/mol. The fraction of sp³-hybridized carbons (Fsp3) is 0.417. The van der Waals surface area contributed by atoms with Crippen LogP contribution in [0.4, 0.5) is 4.39 Å². The average Bonchev–Trinajstić information content (AvgIpc) is 2.23. The van der Waals surface area contributed by atoms with Crippen molar-refractivity contribution in [3.8, 4) is 0 Å². The van der Waals surface area contributed by atoms with Crippen molar-refractivity contribution in [3.05, 3.63) is 35.6 Å². The Labute approximate surface area is 93.8 Å². The number of benzene rings is 1. The van der Waals surface area contributed by atoms with E-state index >= 15 is 0 Å². The van der Waals surface area contributed by atoms with E-state index in [-0.39, 0.29) is 11.4 Å². The van der Waals surface area contributed by atoms with Gasteiger partial charge in [0.2, 0.25) is 0 Å². The van der Waals surface area contributed by atoms with Crippen LogP contribution in [0.15, 0.2) is 24.3 Å². The molecule has 2 rings (SSSR count). The second kappa shape index (κ2) is 4.22. The molecule has 0 atom stereocenters. The summed E-state index contributed by atoms with van der Waals surface area (Å²) in [5.41, 5.74) is 5.72. The summed E-state index contributed by atoms with van der Waals surface area (Å²) in [5, 5.41) is 2.89. The summed E-state index contributed by atoms with van der Waals surface area (Å²) < 4.78 is 12.9. The first kappa shape index (κ1) is 11.1. The molecule has 1 saturated carbocycles. The zero-order chi connectivity index (χ0) is 11.6. The van der Waals surface area contributed by atoms with Crippen molar-refractivity contribution in [2.24, 2.45) is 5.73 Å². The van der Waals surface area contributed by atoms with E-state index in [0.29, 0.717) is 12.1 Å². The smallest absolute Gasteiger partial charge is 0.251 e. The van der Waals surface area contributed by atoms with Crippen LogP contribution in [-0.2, 0) is 0 Å². The van der Waals surface area contributed by atoms with Gasteiger partial charge in [0, 0.05) is 12.1 Å². The van der Waals surface area contributed by atoms with Crippen LogP contribution >= 0.6 is 0 Å². The molecule has 1 aromatic rings. The van der Waals surface area contributed by atoms with Crippen molar-refractivity contribution in [3.63, 3.8) is 0 Å². The fourth-order valence-electron chi connectivity index (χ4n) is 1.93. The Balaban J connectivity index is 2.08. The van der Waals surface area contributed by atoms with Crippen LogP contribution in [0.25, 0.3) is 0 Å². The molecule has 1 aromatic carbocycles. The van der Waals surface area contributed by atoms with Gasteiger partial charge in [-0.2, -0.15) is 0 Å². The fourth-order valence-corrected chi connectivity index (χ4v) is 1.93. The lowest BCUT2D eigenvalue weighted by molar-refractivity contribution is 0.0837. The van der Waals surface area contributed by atoms with Crippen LogP contribution in [0.1, 0.15) is 29.6 Å². The Morgan fingerprint density at radius 1 is 1.50 bits per heavy atom. The van der Waals surface area contributed by atoms with Gasteiger partial charge in [-0.1, -0.05) is 6.07 Å². The second-order valence-corrected chi connectivity index (χ2v) is 4.30. The van der Waals surface area contributed by atoms with Gasteiger partial charge < -0.3 is 11.1 Å². The van der Waals surface area contributed by atoms with Gasteiger partial charge in [0.25, 0.3) is 5.91 Å². The number of nitrogens with one attached hydrogen (secondary N) is 1. The number of rotatable bonds is 3. The van der Waals surface area contributed by atoms with Crippen molar-refractivity contribution in [2.45, 2.75) is 24.8 Å². The molecule has 0 unspecified atom stereocenters. The van der Waals surface area contributed by atoms with Crippen LogP contribution in [0.3, 0.4) is 0 Å². The molecule has 1 amide bonds. The molecule has 0 heterocycles. The van der Waals surface area contributed by atoms with Gasteiger partial charge in [-0.15, -0.1) is 0 Å². The van der Waals surface area contributed by atoms with Crippen molar-refractivity contribution < 1.29 is 9.18 Å². The number of amides is 1. The van der Waals surface area contributed by atoms with Gasteiger partial charge >= 0.3 is 0 Å². The molecular weight excluding hydrogens is 207 g/mol. The second-order valence-electron chi connectivity index (χ2n) is 4.30. The van der Waals surface area contributed by atoms with E-state index in [9.17, 15) is 9.18 Å². The van der Waals surface area contributed by atoms with Crippen LogP contribution in [-0.4, -0.2) is 18.0 Å². The number of hydrogen-bond donors (Lipinski definition) is 2. The summed E-state index contributed by atoms with van der Waals surface area (Å²) in [6, 6.07) is 5.68. The zero-order valence-corrected chi connectivity index (χ0v) is 9.00. The molecule has 3 N–H and O–H groups in total. The molecule has 1 aliphatic rings. The van der Waals surface area contributed by atoms with E-state index in [2.05, 4.69) is 5.32 Å². The molecule has 0 spiro atoms. The molecule has 4 heteroatoms. The van der Waals surface area contributed by atoms with Crippen molar-refractivity contribution in [2.75, 3.05) is 6.54 Å². The molecule has 86 valence electrons. The zero-order valence-electron chi connectivity index (χ0n) is 9.00. The molecule has 0 aliphatic heterocycles. The third-order valence-electron chi connectivity index (χ3n) is 3.17. The van der Waals surface area contributed by atoms with Gasteiger partial charge in [0.15, 0.2) is 0 Å². The normalized spacial score (nSPS) is 17.6. The number of hydrogen-bond acceptors (Lipinski definition) is 2. The Morgan fingerprint density at radius 3 is 2.75 bits per heavy atom. The molecule has 1 fully saturated rings. The molecule has 16 heavy (non-hydrogen) atoms. The highest BCUT2D eigenvalue weighted by atomic mass is 19.1. The first-order valence-corrected chi connectivity index (χ1v) is 5.43. The molecule has 0 bridgehead atoms. The number of nitrogens with two attached hydrogens (primary N) is 1. The Kier molecular flexibility index (Phi) is 2.92. The minimum Gasteiger partial charge on any atom is -0.345 e. The van der Waals surface area contributed by atoms with Gasteiger partial charge in [0.05, 0.1) is 5.54 Å². The summed E-state index contributed by atoms with van der Waals surface area (Å²) in [5.74, 6) is -0.646. The average molecular weight is 222 g/mol. The Bertz CT molecular complexity index is 396. The lowest BCUT2D eigenvalue weighted by atomic mass is 9.76. The maximum absolute atomic E-state index is 12.9. The maximum Gasteiger partial charge on any atom is 0.251 e. The van der Waals surface area contributed by atoms with Crippen LogP contribution in [0.2, 0.25) is 0 Å². The highest BCUT2D eigenvalue weighted by molar-refractivity contribution is 5.94. The summed E-state index contributed by atoms with van der Waals surface area (Å²) in [6.07, 6.45) is 2.90. The molecule has 1 aliphatic carbocycles. The van der Waals surface area contributed by atoms with E-state index in [0.717, 1.165) is 19.3 Å². The third-order valence-corrected chi connectivity index (χ3v) is 3.17. The first-order chi connectivity index (χ1) is 7.65. The number of halogens is 1. The number of carbonyl (C=O) groups is 1. The van der Waals surface area contributed by atoms with Gasteiger partial charge in [-0.25, -0.2) is 4.39 Å². The standard InChI is InChI=1S/C12H15FN2O/c13-10-4-1-3-9(7-10)11(16)15-12(8-14)5-2-6-12/h1,3-4,7H,2,5-6,8,14H2,(H,15,16). The molecule has 0 saturated heterocycles. The molecular formula is C12H15FN2O. The van der Waals surface area contributed by atoms with E-state index in [1.807, 2.05) is 0 Å². The third kappa shape index (κ3) is 2.07. The summed E-state index contributed by atoms with van der Waals surface area (Å²) in [6.45, 7) is 0.439. The van der Waals surface area contributed by atoms with Crippen molar-refractivity contribution >= 4 is 5.91 Å². The van der Waals surface area contributed by atoms with E-state index in [1.165, 1.54) is 18.2 Å². The molecule has 3 nitrogen and oxygen atoms in total. The van der Waals surface area contributed by atoms with E-state index in [4.69, 9.17) is 5.73 Å². The van der Waals surface area contributed by atoms with Gasteiger partial charge in [0.1, 0.15) is 5.82 Å². The van der Waals surface area contributed by atoms with Crippen molar-refractivity contribution in [1.82, 2.24) is 5.32 Å². The minimum atomic E-state index is -0.400. The summed E-state index contributed by atoms with van der Waals surface area (Å²) >= 11 is 0. The lowest BCUT2D eigenvalue weighted by Crippen LogP contribution is -2.58. The lowest BCUT2D eigenvalue weighted by Gasteiger charge is -2.41. The predicted molar refractivity (Wildman–Crippen MR) is 59.5 cm³/mol. The van der Waals surface area contributed by atoms with E-state index < -0.39 is 5.82 Å². The summed E-state index contributed by atoms with van der Waals surface area (Å²) in [7, 11) is 0. The van der Waals surface area contributed by atoms with Gasteiger partial charge in [-0.3, -0.25) is 4.79 Å². The predicted octanol–water partition coefficient (Wildman–Crippen LogP) is 1.44. The SMILES string of the molecule is NCC1(NC(=O)c2cccc(F)c2)CCC1. The first-order valence-electron chi connectivity index (χ1n) is 5.43. The van der Waals surface area contributed by atoms with Crippen LogP contribution < -0.4 is 11.1 Å². The number of carbonyl (C=O) groups excluding carboxylic acids is 1. The minimum absolute atomic E-state index is 0.246. The van der Waals surface area contributed by atoms with Crippen LogP contribution in [0.5, 0.6) is 0 Å². The maximum atomic E-state index is 12.9. The Hall–Kier alpha value is -1.42.